The van der Waals surface area contributed by atoms with Crippen molar-refractivity contribution in [3.63, 3.8) is 0 Å². The van der Waals surface area contributed by atoms with E-state index in [1.807, 2.05) is 61.5 Å². The Kier molecular flexibility index (Phi) is 12.6. The topological polar surface area (TPSA) is 144 Å². The van der Waals surface area contributed by atoms with Gasteiger partial charge in [-0.05, 0) is 87.3 Å². The van der Waals surface area contributed by atoms with Crippen molar-refractivity contribution < 1.29 is 37.6 Å². The molecule has 1 saturated heterocycles. The number of halogens is 1. The molecule has 4 bridgehead atoms. The molecule has 0 spiro atoms. The fourth-order valence-corrected chi connectivity index (χ4v) is 8.56. The number of hydrogen-bond acceptors (Lipinski definition) is 14. The van der Waals surface area contributed by atoms with E-state index in [-0.39, 0.29) is 44.1 Å². The Morgan fingerprint density at radius 1 is 0.952 bits per heavy atom. The van der Waals surface area contributed by atoms with Gasteiger partial charge in [0.15, 0.2) is 5.82 Å². The highest BCUT2D eigenvalue weighted by molar-refractivity contribution is 6.33. The second kappa shape index (κ2) is 18.8. The van der Waals surface area contributed by atoms with Crippen LogP contribution < -0.4 is 23.7 Å². The van der Waals surface area contributed by atoms with Crippen molar-refractivity contribution >= 4 is 28.7 Å². The summed E-state index contributed by atoms with van der Waals surface area (Å²) >= 11 is 7.26. The molecule has 3 aliphatic heterocycles. The normalized spacial score (nSPS) is 18.4. The number of benzene rings is 3. The van der Waals surface area contributed by atoms with E-state index in [9.17, 15) is 4.79 Å². The van der Waals surface area contributed by atoms with Crippen molar-refractivity contribution in [2.45, 2.75) is 64.3 Å². The number of ether oxygens (including phenoxy) is 6. The van der Waals surface area contributed by atoms with Crippen LogP contribution in [0.15, 0.2) is 77.6 Å². The Bertz CT molecular complexity index is 2590. The van der Waals surface area contributed by atoms with Gasteiger partial charge in [0, 0.05) is 62.4 Å². The zero-order valence-corrected chi connectivity index (χ0v) is 36.7. The molecule has 10 rings (SSSR count). The van der Waals surface area contributed by atoms with Crippen LogP contribution in [0.3, 0.4) is 0 Å². The van der Waals surface area contributed by atoms with Gasteiger partial charge in [-0.25, -0.2) is 24.7 Å². The van der Waals surface area contributed by atoms with Gasteiger partial charge < -0.3 is 37.7 Å². The van der Waals surface area contributed by atoms with Gasteiger partial charge >= 0.3 is 5.97 Å². The molecule has 4 aliphatic rings. The molecule has 0 amide bonds. The summed E-state index contributed by atoms with van der Waals surface area (Å²) in [4.78, 5) is 37.2. The summed E-state index contributed by atoms with van der Waals surface area (Å²) in [5.41, 5.74) is 4.86. The molecule has 328 valence electrons. The summed E-state index contributed by atoms with van der Waals surface area (Å²) in [5, 5.41) is 1.04. The molecule has 1 saturated carbocycles. The molecule has 6 aromatic rings. The number of piperazine rings is 1. The highest BCUT2D eigenvalue weighted by atomic mass is 35.5. The van der Waals surface area contributed by atoms with Crippen LogP contribution >= 0.6 is 11.6 Å². The van der Waals surface area contributed by atoms with Crippen LogP contribution in [0.1, 0.15) is 54.7 Å². The fourth-order valence-electron chi connectivity index (χ4n) is 8.35. The number of fused-ring (bicyclic) bond motifs is 7. The maximum atomic E-state index is 14.0. The molecule has 0 unspecified atom stereocenters. The minimum atomic E-state index is -1.15. The predicted octanol–water partition coefficient (Wildman–Crippen LogP) is 8.10. The molecule has 14 nitrogen and oxygen atoms in total. The van der Waals surface area contributed by atoms with Gasteiger partial charge in [-0.15, -0.1) is 0 Å². The average molecular weight is 875 g/mol. The van der Waals surface area contributed by atoms with Gasteiger partial charge in [0.1, 0.15) is 59.8 Å². The first-order valence-corrected chi connectivity index (χ1v) is 22.0. The minimum Gasteiger partial charge on any atom is -0.496 e. The van der Waals surface area contributed by atoms with Gasteiger partial charge in [-0.3, -0.25) is 4.90 Å². The summed E-state index contributed by atoms with van der Waals surface area (Å²) in [6.45, 7) is 8.58. The van der Waals surface area contributed by atoms with E-state index in [4.69, 9.17) is 49.4 Å². The molecular formula is C48H51ClN6O8. The predicted molar refractivity (Wildman–Crippen MR) is 237 cm³/mol. The minimum absolute atomic E-state index is 0.0517. The first-order chi connectivity index (χ1) is 30.8. The molecule has 0 radical (unpaired) electrons. The summed E-state index contributed by atoms with van der Waals surface area (Å²) in [5.74, 6) is 3.39. The molecule has 2 fully saturated rings. The third kappa shape index (κ3) is 9.11. The summed E-state index contributed by atoms with van der Waals surface area (Å²) in [6.07, 6.45) is 4.64. The number of esters is 1. The van der Waals surface area contributed by atoms with Crippen LogP contribution in [0.2, 0.25) is 5.02 Å². The Balaban J connectivity index is 1.13. The molecule has 3 aromatic heterocycles. The first kappa shape index (κ1) is 42.3. The average Bonchev–Trinajstić information content (AvgIpc) is 3.65. The van der Waals surface area contributed by atoms with Crippen LogP contribution in [0.5, 0.6) is 28.9 Å². The molecule has 63 heavy (non-hydrogen) atoms. The summed E-state index contributed by atoms with van der Waals surface area (Å²) in [6, 6.07) is 18.9. The highest BCUT2D eigenvalue weighted by Gasteiger charge is 2.34. The molecule has 0 N–H and O–H groups in total. The van der Waals surface area contributed by atoms with Crippen molar-refractivity contribution in [2.75, 3.05) is 60.1 Å². The van der Waals surface area contributed by atoms with Crippen molar-refractivity contribution in [1.29, 1.82) is 0 Å². The van der Waals surface area contributed by atoms with Crippen molar-refractivity contribution in [3.8, 4) is 51.4 Å². The van der Waals surface area contributed by atoms with Gasteiger partial charge in [0.25, 0.3) is 0 Å². The first-order valence-electron chi connectivity index (χ1n) is 21.6. The van der Waals surface area contributed by atoms with E-state index in [1.165, 1.54) is 6.33 Å². The number of aromatic nitrogens is 4. The number of nitrogens with zero attached hydrogens (tertiary/aromatic N) is 6. The summed E-state index contributed by atoms with van der Waals surface area (Å²) < 4.78 is 44.4. The number of hydrogen-bond donors (Lipinski definition) is 0. The second-order valence-electron chi connectivity index (χ2n) is 16.2. The molecule has 1 aliphatic carbocycles. The number of methoxy groups -OCH3 is 1. The Labute approximate surface area is 371 Å². The van der Waals surface area contributed by atoms with E-state index >= 15 is 0 Å². The molecule has 2 atom stereocenters. The van der Waals surface area contributed by atoms with E-state index in [1.54, 1.807) is 26.3 Å². The quantitative estimate of drug-likeness (QED) is 0.122. The van der Waals surface area contributed by atoms with Crippen LogP contribution in [0.4, 0.5) is 0 Å². The SMILES string of the molecule is CCOC(=O)[C@H]1Cc2cc(ccc2OCc2ccnc(-c3ccccc3OC)n2)OC[C@@H](CN2CCN(C)CC2)Oc2ccc(c(C)c2Cl)-c2c(C3CCC3)oc3ncnc(c23)O1. The zero-order chi connectivity index (χ0) is 43.5. The van der Waals surface area contributed by atoms with E-state index in [0.29, 0.717) is 62.7 Å². The third-order valence-electron chi connectivity index (χ3n) is 12.0. The Morgan fingerprint density at radius 3 is 2.59 bits per heavy atom. The van der Waals surface area contributed by atoms with Crippen molar-refractivity contribution in [1.82, 2.24) is 29.7 Å². The number of furan rings is 1. The van der Waals surface area contributed by atoms with Crippen LogP contribution in [0, 0.1) is 6.92 Å². The largest absolute Gasteiger partial charge is 0.496 e. The molecule has 6 heterocycles. The Morgan fingerprint density at radius 2 is 1.79 bits per heavy atom. The zero-order valence-electron chi connectivity index (χ0n) is 36.0. The lowest BCUT2D eigenvalue weighted by Gasteiger charge is -2.34. The fraction of sp³-hybridized carbons (Fsp3) is 0.396. The second-order valence-corrected chi connectivity index (χ2v) is 16.6. The third-order valence-corrected chi connectivity index (χ3v) is 12.5. The lowest BCUT2D eigenvalue weighted by Crippen LogP contribution is -2.49. The van der Waals surface area contributed by atoms with E-state index in [0.717, 1.165) is 73.5 Å². The molecular weight excluding hydrogens is 824 g/mol. The maximum absolute atomic E-state index is 14.0. The van der Waals surface area contributed by atoms with Crippen LogP contribution in [-0.4, -0.2) is 108 Å². The van der Waals surface area contributed by atoms with Crippen molar-refractivity contribution in [2.24, 2.45) is 0 Å². The van der Waals surface area contributed by atoms with Crippen molar-refractivity contribution in [3.05, 3.63) is 101 Å². The van der Waals surface area contributed by atoms with Gasteiger partial charge in [-0.2, -0.15) is 0 Å². The monoisotopic (exact) mass is 874 g/mol. The standard InChI is InChI=1S/C48H51ClN6O8/c1-5-58-48(56)40-24-31-23-33(13-15-37(31)60-26-32-17-18-50-45(53-32)36-11-6-7-12-38(36)57-4)59-27-34(25-55-21-19-54(3)20-22-55)61-39-16-14-35(29(2)43(39)49)41-42-46(62-40)51-28-52-47(42)63-44(41)30-9-8-10-30/h6-7,11-18,23,28,30,34,40H,5,8-10,19-22,24-27H2,1-4H3/t34-,40-/m1/s1. The lowest BCUT2D eigenvalue weighted by atomic mass is 9.80. The van der Waals surface area contributed by atoms with Gasteiger partial charge in [0.05, 0.1) is 30.0 Å². The number of carbonyl (C=O) groups excluding carboxylic acids is 1. The van der Waals surface area contributed by atoms with Gasteiger partial charge in [-0.1, -0.05) is 36.2 Å². The Hall–Kier alpha value is -5.96. The smallest absolute Gasteiger partial charge is 0.347 e. The van der Waals surface area contributed by atoms with Crippen LogP contribution in [-0.2, 0) is 22.6 Å². The number of likely N-dealkylation sites (N-methyl/N-ethyl adjacent to an activating group) is 1. The van der Waals surface area contributed by atoms with Gasteiger partial charge in [0.2, 0.25) is 17.7 Å². The molecule has 3 aromatic carbocycles. The highest BCUT2D eigenvalue weighted by Crippen LogP contribution is 2.49. The van der Waals surface area contributed by atoms with E-state index < -0.39 is 12.1 Å². The maximum Gasteiger partial charge on any atom is 0.347 e. The number of para-hydroxylation sites is 1. The van der Waals surface area contributed by atoms with E-state index in [2.05, 4.69) is 31.8 Å². The number of carbonyl (C=O) groups is 1. The molecule has 15 heteroatoms. The van der Waals surface area contributed by atoms with Crippen LogP contribution in [0.25, 0.3) is 33.6 Å². The number of rotatable bonds is 10. The summed E-state index contributed by atoms with van der Waals surface area (Å²) in [7, 11) is 3.76. The lowest BCUT2D eigenvalue weighted by molar-refractivity contribution is -0.151.